The lowest BCUT2D eigenvalue weighted by atomic mass is 10.2. The third-order valence-electron chi connectivity index (χ3n) is 2.55. The van der Waals surface area contributed by atoms with Crippen molar-refractivity contribution in [3.63, 3.8) is 0 Å². The third kappa shape index (κ3) is 3.83. The van der Waals surface area contributed by atoms with Gasteiger partial charge in [-0.05, 0) is 6.07 Å². The molecule has 1 N–H and O–H groups in total. The number of non-ortho nitro benzene ring substituents is 2. The second kappa shape index (κ2) is 6.24. The Hall–Kier alpha value is -3.29. The fourth-order valence-electron chi connectivity index (χ4n) is 1.59. The van der Waals surface area contributed by atoms with E-state index in [-0.39, 0.29) is 11.4 Å². The van der Waals surface area contributed by atoms with Gasteiger partial charge in [0.15, 0.2) is 0 Å². The lowest BCUT2D eigenvalue weighted by Crippen LogP contribution is -1.94. The maximum atomic E-state index is 10.6. The molecule has 0 aliphatic carbocycles. The molecule has 0 saturated heterocycles. The number of anilines is 1. The molecule has 106 valence electrons. The van der Waals surface area contributed by atoms with Gasteiger partial charge in [-0.1, -0.05) is 18.2 Å². The summed E-state index contributed by atoms with van der Waals surface area (Å²) in [4.78, 5) is 20.3. The number of nitrogens with one attached hydrogen (secondary N) is 1. The minimum atomic E-state index is -0.505. The Morgan fingerprint density at radius 3 is 2.24 bits per heavy atom. The molecule has 0 aromatic heterocycles. The summed E-state index contributed by atoms with van der Waals surface area (Å²) in [5.41, 5.74) is 3.54. The van der Waals surface area contributed by atoms with Crippen LogP contribution in [0.4, 0.5) is 17.1 Å². The molecule has 0 unspecified atom stereocenters. The minimum Gasteiger partial charge on any atom is -0.278 e. The number of hydrazone groups is 1. The van der Waals surface area contributed by atoms with Gasteiger partial charge in [-0.15, -0.1) is 0 Å². The first-order chi connectivity index (χ1) is 10.1. The van der Waals surface area contributed by atoms with Crippen LogP contribution < -0.4 is 5.43 Å². The molecule has 0 aliphatic heterocycles. The number of hydrogen-bond acceptors (Lipinski definition) is 6. The van der Waals surface area contributed by atoms with Crippen LogP contribution in [0, 0.1) is 20.2 Å². The predicted octanol–water partition coefficient (Wildman–Crippen LogP) is 2.95. The lowest BCUT2D eigenvalue weighted by molar-refractivity contribution is -0.385. The van der Waals surface area contributed by atoms with E-state index in [4.69, 9.17) is 0 Å². The molecular weight excluding hydrogens is 276 g/mol. The Bertz CT molecular complexity index is 715. The zero-order valence-corrected chi connectivity index (χ0v) is 10.7. The highest BCUT2D eigenvalue weighted by Gasteiger charge is 2.05. The fraction of sp³-hybridized carbons (Fsp3) is 0. The molecule has 0 aliphatic rings. The number of nitro groups is 2. The maximum absolute atomic E-state index is 10.6. The Morgan fingerprint density at radius 1 is 0.952 bits per heavy atom. The molecule has 0 radical (unpaired) electrons. The average Bonchev–Trinajstić information content (AvgIpc) is 2.48. The largest absolute Gasteiger partial charge is 0.278 e. The highest BCUT2D eigenvalue weighted by Crippen LogP contribution is 2.17. The van der Waals surface area contributed by atoms with E-state index in [9.17, 15) is 20.2 Å². The predicted molar refractivity (Wildman–Crippen MR) is 77.4 cm³/mol. The van der Waals surface area contributed by atoms with Gasteiger partial charge in [-0.2, -0.15) is 5.10 Å². The molecule has 0 amide bonds. The summed E-state index contributed by atoms with van der Waals surface area (Å²) in [5.74, 6) is 0. The van der Waals surface area contributed by atoms with Crippen molar-refractivity contribution < 1.29 is 9.85 Å². The van der Waals surface area contributed by atoms with Crippen LogP contribution in [0.2, 0.25) is 0 Å². The molecule has 0 spiro atoms. The van der Waals surface area contributed by atoms with Crippen molar-refractivity contribution in [1.29, 1.82) is 0 Å². The van der Waals surface area contributed by atoms with E-state index >= 15 is 0 Å². The van der Waals surface area contributed by atoms with E-state index in [2.05, 4.69) is 10.5 Å². The molecule has 8 nitrogen and oxygen atoms in total. The molecule has 8 heteroatoms. The monoisotopic (exact) mass is 286 g/mol. The number of benzene rings is 2. The van der Waals surface area contributed by atoms with Gasteiger partial charge in [0.2, 0.25) is 0 Å². The summed E-state index contributed by atoms with van der Waals surface area (Å²) in [6, 6.07) is 11.8. The summed E-state index contributed by atoms with van der Waals surface area (Å²) in [5, 5.41) is 25.1. The van der Waals surface area contributed by atoms with Crippen LogP contribution in [-0.4, -0.2) is 16.1 Å². The molecule has 0 fully saturated rings. The van der Waals surface area contributed by atoms with Crippen LogP contribution in [0.3, 0.4) is 0 Å². The van der Waals surface area contributed by atoms with Crippen LogP contribution >= 0.6 is 0 Å². The van der Waals surface area contributed by atoms with Gasteiger partial charge < -0.3 is 0 Å². The molecule has 0 heterocycles. The molecule has 2 aromatic carbocycles. The first kappa shape index (κ1) is 14.1. The molecule has 0 bridgehead atoms. The van der Waals surface area contributed by atoms with Crippen molar-refractivity contribution in [3.8, 4) is 0 Å². The van der Waals surface area contributed by atoms with Gasteiger partial charge in [-0.25, -0.2) is 0 Å². The first-order valence-electron chi connectivity index (χ1n) is 5.84. The Labute approximate surface area is 119 Å². The highest BCUT2D eigenvalue weighted by molar-refractivity contribution is 5.81. The zero-order chi connectivity index (χ0) is 15.2. The Kier molecular flexibility index (Phi) is 4.20. The summed E-state index contributed by atoms with van der Waals surface area (Å²) >= 11 is 0. The maximum Gasteiger partial charge on any atom is 0.271 e. The van der Waals surface area contributed by atoms with Crippen molar-refractivity contribution >= 4 is 23.3 Å². The van der Waals surface area contributed by atoms with Crippen LogP contribution in [0.25, 0.3) is 0 Å². The van der Waals surface area contributed by atoms with E-state index in [1.54, 1.807) is 18.2 Å². The molecule has 2 rings (SSSR count). The smallest absolute Gasteiger partial charge is 0.271 e. The SMILES string of the molecule is O=[N+]([O-])c1cccc(/C=N/Nc2cccc([N+](=O)[O-])c2)c1. The topological polar surface area (TPSA) is 111 Å². The number of nitro benzene ring substituents is 2. The quantitative estimate of drug-likeness (QED) is 0.516. The summed E-state index contributed by atoms with van der Waals surface area (Å²) in [6.45, 7) is 0. The van der Waals surface area contributed by atoms with Crippen LogP contribution in [-0.2, 0) is 0 Å². The Morgan fingerprint density at radius 2 is 1.57 bits per heavy atom. The molecule has 0 atom stereocenters. The van der Waals surface area contributed by atoms with E-state index in [0.717, 1.165) is 0 Å². The fourth-order valence-corrected chi connectivity index (χ4v) is 1.59. The van der Waals surface area contributed by atoms with Crippen molar-refractivity contribution in [3.05, 3.63) is 74.3 Å². The van der Waals surface area contributed by atoms with Gasteiger partial charge in [0.1, 0.15) is 0 Å². The number of nitrogens with zero attached hydrogens (tertiary/aromatic N) is 3. The van der Waals surface area contributed by atoms with Gasteiger partial charge in [0.25, 0.3) is 11.4 Å². The van der Waals surface area contributed by atoms with Crippen molar-refractivity contribution in [2.24, 2.45) is 5.10 Å². The average molecular weight is 286 g/mol. The van der Waals surface area contributed by atoms with Gasteiger partial charge in [0, 0.05) is 29.8 Å². The van der Waals surface area contributed by atoms with Gasteiger partial charge in [-0.3, -0.25) is 25.7 Å². The standard InChI is InChI=1S/C13H10N4O4/c18-16(19)12-5-1-3-10(7-12)9-14-15-11-4-2-6-13(8-11)17(20)21/h1-9,15H/b14-9+. The number of rotatable bonds is 5. The highest BCUT2D eigenvalue weighted by atomic mass is 16.6. The van der Waals surface area contributed by atoms with Crippen molar-refractivity contribution in [1.82, 2.24) is 0 Å². The molecule has 21 heavy (non-hydrogen) atoms. The van der Waals surface area contributed by atoms with Crippen molar-refractivity contribution in [2.45, 2.75) is 0 Å². The van der Waals surface area contributed by atoms with E-state index < -0.39 is 9.85 Å². The summed E-state index contributed by atoms with van der Waals surface area (Å²) in [6.07, 6.45) is 1.39. The van der Waals surface area contributed by atoms with E-state index in [0.29, 0.717) is 11.3 Å². The molecule has 2 aromatic rings. The molecular formula is C13H10N4O4. The third-order valence-corrected chi connectivity index (χ3v) is 2.55. The van der Waals surface area contributed by atoms with Crippen LogP contribution in [0.1, 0.15) is 5.56 Å². The normalized spacial score (nSPS) is 10.5. The zero-order valence-electron chi connectivity index (χ0n) is 10.7. The minimum absolute atomic E-state index is 0.0331. The Balaban J connectivity index is 2.09. The summed E-state index contributed by atoms with van der Waals surface area (Å²) in [7, 11) is 0. The second-order valence-corrected chi connectivity index (χ2v) is 4.03. The lowest BCUT2D eigenvalue weighted by Gasteiger charge is -1.99. The first-order valence-corrected chi connectivity index (χ1v) is 5.84. The van der Waals surface area contributed by atoms with Crippen LogP contribution in [0.5, 0.6) is 0 Å². The van der Waals surface area contributed by atoms with Gasteiger partial charge >= 0.3 is 0 Å². The molecule has 0 saturated carbocycles. The summed E-state index contributed by atoms with van der Waals surface area (Å²) < 4.78 is 0. The van der Waals surface area contributed by atoms with Gasteiger partial charge in [0.05, 0.1) is 21.7 Å². The van der Waals surface area contributed by atoms with Crippen molar-refractivity contribution in [2.75, 3.05) is 5.43 Å². The van der Waals surface area contributed by atoms with Crippen LogP contribution in [0.15, 0.2) is 53.6 Å². The van der Waals surface area contributed by atoms with E-state index in [1.165, 1.54) is 36.5 Å². The second-order valence-electron chi connectivity index (χ2n) is 4.03. The number of hydrogen-bond donors (Lipinski definition) is 1. The van der Waals surface area contributed by atoms with E-state index in [1.807, 2.05) is 0 Å².